The van der Waals surface area contributed by atoms with Gasteiger partial charge in [-0.2, -0.15) is 26.3 Å². The number of carbonyl (C=O) groups is 1. The summed E-state index contributed by atoms with van der Waals surface area (Å²) in [6.45, 7) is 0.566. The van der Waals surface area contributed by atoms with Crippen molar-refractivity contribution in [2.45, 2.75) is 62.8 Å². The number of hydrogen-bond donors (Lipinski definition) is 2. The number of nitrogens with one attached hydrogen (secondary N) is 2. The summed E-state index contributed by atoms with van der Waals surface area (Å²) >= 11 is 0. The molecule has 0 aliphatic heterocycles. The molecule has 3 aromatic rings. The van der Waals surface area contributed by atoms with E-state index in [1.807, 2.05) is 0 Å². The Morgan fingerprint density at radius 3 is 2.08 bits per heavy atom. The molecule has 0 spiro atoms. The molecule has 3 saturated carbocycles. The smallest absolute Gasteiger partial charge is 0.338 e. The summed E-state index contributed by atoms with van der Waals surface area (Å²) in [5.41, 5.74) is -1.29. The lowest BCUT2D eigenvalue weighted by molar-refractivity contribution is -0.138. The molecule has 6 rings (SSSR count). The molecule has 0 atom stereocenters. The SMILES string of the molecule is Cn1c(-c2ccccc2C(F)(F)F)nnc1C12CCC(CNC(=O)NCc3ccc(C(F)(F)F)cc3)(CC1)CC2. The van der Waals surface area contributed by atoms with Crippen LogP contribution in [0.15, 0.2) is 48.5 Å². The highest BCUT2D eigenvalue weighted by Gasteiger charge is 2.51. The molecular formula is C28H29F6N5O. The van der Waals surface area contributed by atoms with Crippen molar-refractivity contribution >= 4 is 6.03 Å². The van der Waals surface area contributed by atoms with Gasteiger partial charge in [0.25, 0.3) is 0 Å². The first kappa shape index (κ1) is 28.0. The number of carbonyl (C=O) groups excluding carboxylic acids is 1. The van der Waals surface area contributed by atoms with Crippen LogP contribution in [0.4, 0.5) is 31.1 Å². The van der Waals surface area contributed by atoms with Gasteiger partial charge in [0.2, 0.25) is 0 Å². The predicted octanol–water partition coefficient (Wildman–Crippen LogP) is 6.61. The van der Waals surface area contributed by atoms with Crippen LogP contribution < -0.4 is 10.6 Å². The van der Waals surface area contributed by atoms with Crippen molar-refractivity contribution in [2.75, 3.05) is 6.54 Å². The van der Waals surface area contributed by atoms with Crippen molar-refractivity contribution in [3.05, 3.63) is 71.0 Å². The molecule has 2 N–H and O–H groups in total. The van der Waals surface area contributed by atoms with Crippen LogP contribution >= 0.6 is 0 Å². The van der Waals surface area contributed by atoms with E-state index in [0.29, 0.717) is 17.9 Å². The van der Waals surface area contributed by atoms with Crippen molar-refractivity contribution < 1.29 is 31.1 Å². The van der Waals surface area contributed by atoms with Crippen LogP contribution in [0.3, 0.4) is 0 Å². The molecule has 3 aliphatic carbocycles. The number of fused-ring (bicyclic) bond motifs is 3. The number of alkyl halides is 6. The molecular weight excluding hydrogens is 536 g/mol. The van der Waals surface area contributed by atoms with Gasteiger partial charge in [-0.05, 0) is 67.7 Å². The number of halogens is 6. The summed E-state index contributed by atoms with van der Waals surface area (Å²) in [7, 11) is 1.71. The zero-order valence-electron chi connectivity index (χ0n) is 21.8. The van der Waals surface area contributed by atoms with Crippen LogP contribution in [-0.2, 0) is 31.4 Å². The molecule has 2 aromatic carbocycles. The molecule has 0 unspecified atom stereocenters. The van der Waals surface area contributed by atoms with Gasteiger partial charge in [-0.15, -0.1) is 10.2 Å². The highest BCUT2D eigenvalue weighted by Crippen LogP contribution is 2.57. The number of benzene rings is 2. The van der Waals surface area contributed by atoms with Crippen molar-refractivity contribution in [1.82, 2.24) is 25.4 Å². The lowest BCUT2D eigenvalue weighted by Gasteiger charge is -2.52. The van der Waals surface area contributed by atoms with Crippen LogP contribution in [0.1, 0.15) is 61.0 Å². The Hall–Kier alpha value is -3.57. The molecule has 3 fully saturated rings. The number of nitrogens with zero attached hydrogens (tertiary/aromatic N) is 3. The van der Waals surface area contributed by atoms with Gasteiger partial charge in [-0.1, -0.05) is 30.3 Å². The quantitative estimate of drug-likeness (QED) is 0.331. The fourth-order valence-corrected chi connectivity index (χ4v) is 6.14. The molecule has 12 heteroatoms. The van der Waals surface area contributed by atoms with Gasteiger partial charge in [-0.3, -0.25) is 0 Å². The van der Waals surface area contributed by atoms with Gasteiger partial charge in [-0.25, -0.2) is 4.79 Å². The minimum atomic E-state index is -4.51. The number of rotatable bonds is 6. The molecule has 214 valence electrons. The van der Waals surface area contributed by atoms with E-state index in [9.17, 15) is 31.1 Å². The van der Waals surface area contributed by atoms with Gasteiger partial charge in [0.15, 0.2) is 5.82 Å². The maximum Gasteiger partial charge on any atom is 0.417 e. The molecule has 0 saturated heterocycles. The Kier molecular flexibility index (Phi) is 7.08. The van der Waals surface area contributed by atoms with Crippen molar-refractivity contribution in [3.8, 4) is 11.4 Å². The Morgan fingerprint density at radius 1 is 0.850 bits per heavy atom. The Balaban J connectivity index is 1.19. The molecule has 1 heterocycles. The van der Waals surface area contributed by atoms with Gasteiger partial charge in [0.05, 0.1) is 11.1 Å². The summed E-state index contributed by atoms with van der Waals surface area (Å²) in [5.74, 6) is 0.876. The third-order valence-corrected chi connectivity index (χ3v) is 8.58. The fraction of sp³-hybridized carbons (Fsp3) is 0.464. The van der Waals surface area contributed by atoms with Crippen molar-refractivity contribution in [1.29, 1.82) is 0 Å². The van der Waals surface area contributed by atoms with Crippen LogP contribution in [-0.4, -0.2) is 27.3 Å². The average Bonchev–Trinajstić information content (AvgIpc) is 3.33. The van der Waals surface area contributed by atoms with E-state index in [1.165, 1.54) is 24.3 Å². The van der Waals surface area contributed by atoms with E-state index in [-0.39, 0.29) is 28.8 Å². The largest absolute Gasteiger partial charge is 0.417 e. The Labute approximate surface area is 227 Å². The van der Waals surface area contributed by atoms with Crippen molar-refractivity contribution in [3.63, 3.8) is 0 Å². The summed E-state index contributed by atoms with van der Waals surface area (Å²) in [5, 5.41) is 14.2. The molecule has 2 amide bonds. The molecule has 6 nitrogen and oxygen atoms in total. The number of aromatic nitrogens is 3. The van der Waals surface area contributed by atoms with Crippen LogP contribution in [0.25, 0.3) is 11.4 Å². The molecule has 2 bridgehead atoms. The molecule has 40 heavy (non-hydrogen) atoms. The lowest BCUT2D eigenvalue weighted by atomic mass is 9.53. The topological polar surface area (TPSA) is 71.8 Å². The first-order valence-corrected chi connectivity index (χ1v) is 13.1. The molecule has 3 aliphatic rings. The summed E-state index contributed by atoms with van der Waals surface area (Å²) < 4.78 is 80.7. The minimum Gasteiger partial charge on any atom is -0.338 e. The van der Waals surface area contributed by atoms with E-state index in [1.54, 1.807) is 17.7 Å². The molecule has 1 aromatic heterocycles. The second-order valence-corrected chi connectivity index (χ2v) is 11.0. The van der Waals surface area contributed by atoms with Gasteiger partial charge in [0, 0.05) is 31.1 Å². The highest BCUT2D eigenvalue weighted by atomic mass is 19.4. The minimum absolute atomic E-state index is 0.000114. The van der Waals surface area contributed by atoms with Crippen LogP contribution in [0.5, 0.6) is 0 Å². The first-order chi connectivity index (χ1) is 18.8. The van der Waals surface area contributed by atoms with E-state index in [2.05, 4.69) is 20.8 Å². The fourth-order valence-electron chi connectivity index (χ4n) is 6.14. The normalized spacial score (nSPS) is 22.8. The standard InChI is InChI=1S/C28H29F6N5O/c1-39-22(20-4-2-3-5-21(20)28(32,33)34)37-38-23(39)26-13-10-25(11-14-26,12-15-26)17-36-24(40)35-16-18-6-8-19(9-7-18)27(29,30)31/h2-9H,10-17H2,1H3,(H2,35,36,40). The third kappa shape index (κ3) is 5.40. The van der Waals surface area contributed by atoms with E-state index in [4.69, 9.17) is 0 Å². The highest BCUT2D eigenvalue weighted by molar-refractivity contribution is 5.73. The monoisotopic (exact) mass is 565 g/mol. The zero-order valence-corrected chi connectivity index (χ0v) is 21.8. The Bertz CT molecular complexity index is 1350. The van der Waals surface area contributed by atoms with Gasteiger partial charge < -0.3 is 15.2 Å². The summed E-state index contributed by atoms with van der Waals surface area (Å²) in [6.07, 6.45) is -4.08. The third-order valence-electron chi connectivity index (χ3n) is 8.58. The predicted molar refractivity (Wildman–Crippen MR) is 135 cm³/mol. The number of hydrogen-bond acceptors (Lipinski definition) is 3. The maximum absolute atomic E-state index is 13.6. The molecule has 0 radical (unpaired) electrons. The van der Waals surface area contributed by atoms with Crippen LogP contribution in [0, 0.1) is 5.41 Å². The lowest BCUT2D eigenvalue weighted by Crippen LogP contribution is -2.51. The maximum atomic E-state index is 13.6. The number of amides is 2. The zero-order chi connectivity index (χ0) is 28.8. The number of urea groups is 1. The van der Waals surface area contributed by atoms with Gasteiger partial charge in [0.1, 0.15) is 5.82 Å². The van der Waals surface area contributed by atoms with Crippen LogP contribution in [0.2, 0.25) is 0 Å². The van der Waals surface area contributed by atoms with Crippen molar-refractivity contribution in [2.24, 2.45) is 12.5 Å². The average molecular weight is 566 g/mol. The first-order valence-electron chi connectivity index (χ1n) is 13.1. The summed E-state index contributed by atoms with van der Waals surface area (Å²) in [6, 6.07) is 9.62. The second kappa shape index (κ2) is 10.1. The van der Waals surface area contributed by atoms with E-state index < -0.39 is 29.5 Å². The van der Waals surface area contributed by atoms with E-state index in [0.717, 1.165) is 56.7 Å². The second-order valence-electron chi connectivity index (χ2n) is 11.0. The Morgan fingerprint density at radius 2 is 1.48 bits per heavy atom. The van der Waals surface area contributed by atoms with Gasteiger partial charge >= 0.3 is 18.4 Å². The van der Waals surface area contributed by atoms with E-state index >= 15 is 0 Å². The summed E-state index contributed by atoms with van der Waals surface area (Å²) in [4.78, 5) is 12.4.